The van der Waals surface area contributed by atoms with E-state index in [4.69, 9.17) is 19.7 Å². The number of nitrogens with one attached hydrogen (secondary N) is 1. The summed E-state index contributed by atoms with van der Waals surface area (Å²) in [4.78, 5) is 24.5. The Morgan fingerprint density at radius 1 is 1.08 bits per heavy atom. The van der Waals surface area contributed by atoms with Crippen LogP contribution in [-0.2, 0) is 15.8 Å². The van der Waals surface area contributed by atoms with Gasteiger partial charge in [-0.1, -0.05) is 30.3 Å². The number of hydrogen-bond acceptors (Lipinski definition) is 9. The van der Waals surface area contributed by atoms with Crippen molar-refractivity contribution in [1.82, 2.24) is 24.8 Å². The molecule has 1 amide bonds. The molecule has 0 radical (unpaired) electrons. The highest BCUT2D eigenvalue weighted by atomic mass is 31.1. The number of benzene rings is 2. The second kappa shape index (κ2) is 12.1. The van der Waals surface area contributed by atoms with Crippen LogP contribution in [0.1, 0.15) is 17.3 Å². The van der Waals surface area contributed by atoms with E-state index in [1.807, 2.05) is 13.0 Å². The van der Waals surface area contributed by atoms with Gasteiger partial charge < -0.3 is 25.1 Å². The van der Waals surface area contributed by atoms with E-state index in [-0.39, 0.29) is 25.0 Å². The van der Waals surface area contributed by atoms with Gasteiger partial charge in [-0.15, -0.1) is 0 Å². The van der Waals surface area contributed by atoms with Crippen molar-refractivity contribution < 1.29 is 23.4 Å². The average Bonchev–Trinajstić information content (AvgIpc) is 3.30. The predicted molar refractivity (Wildman–Crippen MR) is 134 cm³/mol. The van der Waals surface area contributed by atoms with Gasteiger partial charge in [-0.05, 0) is 35.8 Å². The van der Waals surface area contributed by atoms with Crippen LogP contribution in [0.3, 0.4) is 0 Å². The van der Waals surface area contributed by atoms with Crippen molar-refractivity contribution in [3.63, 3.8) is 0 Å². The van der Waals surface area contributed by atoms with Crippen LogP contribution >= 0.6 is 8.03 Å². The number of carbonyl (C=O) groups excluding carboxylic acids is 1. The summed E-state index contributed by atoms with van der Waals surface area (Å²) < 4.78 is 31.4. The van der Waals surface area contributed by atoms with Crippen LogP contribution in [0.4, 0.5) is 5.82 Å². The molecule has 0 saturated heterocycles. The smallest absolute Gasteiger partial charge is 0.488 e. The molecule has 11 nitrogen and oxygen atoms in total. The normalized spacial score (nSPS) is 12.2. The van der Waals surface area contributed by atoms with Crippen LogP contribution < -0.4 is 20.3 Å². The molecule has 0 spiro atoms. The molecule has 12 heteroatoms. The van der Waals surface area contributed by atoms with E-state index < -0.39 is 8.03 Å². The lowest BCUT2D eigenvalue weighted by Gasteiger charge is -2.11. The molecule has 3 N–H and O–H groups in total. The number of hydrogen-bond donors (Lipinski definition) is 2. The van der Waals surface area contributed by atoms with E-state index in [9.17, 15) is 9.36 Å². The standard InChI is InChI=1S/C24H25N6O5P/c1-17(13-30-15-29-21-22(25)27-14-28-23(21)30)34-16-36(32)35-20-10-6-5-9-19(20)33-12-11-26-24(31)18-7-3-2-4-8-18/h2-10,14-15,17H,11-13,16H2,1H3,(H2-,25,26,27,28,31)/p+1. The molecule has 0 aliphatic rings. The van der Waals surface area contributed by atoms with Gasteiger partial charge in [-0.2, -0.15) is 0 Å². The Kier molecular flexibility index (Phi) is 8.38. The lowest BCUT2D eigenvalue weighted by atomic mass is 10.2. The third-order valence-corrected chi connectivity index (χ3v) is 5.84. The first-order valence-electron chi connectivity index (χ1n) is 11.2. The van der Waals surface area contributed by atoms with E-state index >= 15 is 0 Å². The van der Waals surface area contributed by atoms with Crippen molar-refractivity contribution in [2.24, 2.45) is 0 Å². The summed E-state index contributed by atoms with van der Waals surface area (Å²) in [6, 6.07) is 15.8. The quantitative estimate of drug-likeness (QED) is 0.217. The van der Waals surface area contributed by atoms with Crippen molar-refractivity contribution >= 4 is 30.9 Å². The van der Waals surface area contributed by atoms with Crippen LogP contribution in [0.5, 0.6) is 11.5 Å². The second-order valence-electron chi connectivity index (χ2n) is 7.78. The Morgan fingerprint density at radius 3 is 2.64 bits per heavy atom. The zero-order valence-electron chi connectivity index (χ0n) is 19.6. The number of nitrogens with two attached hydrogens (primary N) is 1. The zero-order valence-corrected chi connectivity index (χ0v) is 20.5. The predicted octanol–water partition coefficient (Wildman–Crippen LogP) is 3.40. The monoisotopic (exact) mass is 509 g/mol. The van der Waals surface area contributed by atoms with E-state index in [0.717, 1.165) is 0 Å². The molecular formula is C24H26N6O5P+. The molecule has 4 aromatic rings. The van der Waals surface area contributed by atoms with Crippen LogP contribution in [0.2, 0.25) is 0 Å². The number of nitrogens with zero attached hydrogens (tertiary/aromatic N) is 4. The number of nitrogen functional groups attached to an aromatic ring is 1. The number of aromatic nitrogens is 4. The fourth-order valence-corrected chi connectivity index (χ4v) is 4.15. The number of anilines is 1. The third-order valence-electron chi connectivity index (χ3n) is 5.08. The molecule has 0 aliphatic heterocycles. The van der Waals surface area contributed by atoms with Crippen LogP contribution in [0, 0.1) is 0 Å². The van der Waals surface area contributed by atoms with Crippen molar-refractivity contribution in [3.8, 4) is 11.5 Å². The van der Waals surface area contributed by atoms with Crippen molar-refractivity contribution in [2.45, 2.75) is 19.6 Å². The summed E-state index contributed by atoms with van der Waals surface area (Å²) >= 11 is 0. The second-order valence-corrected chi connectivity index (χ2v) is 8.88. The Hall–Kier alpha value is -4.08. The number of para-hydroxylation sites is 2. The lowest BCUT2D eigenvalue weighted by Crippen LogP contribution is -2.28. The minimum Gasteiger partial charge on any atom is -0.488 e. The zero-order chi connectivity index (χ0) is 25.3. The molecular weight excluding hydrogens is 483 g/mol. The molecule has 36 heavy (non-hydrogen) atoms. The molecule has 4 rings (SSSR count). The van der Waals surface area contributed by atoms with E-state index in [1.165, 1.54) is 6.33 Å². The Bertz CT molecular complexity index is 1330. The maximum atomic E-state index is 12.5. The first kappa shape index (κ1) is 25.0. The van der Waals surface area contributed by atoms with Gasteiger partial charge in [0.25, 0.3) is 12.3 Å². The summed E-state index contributed by atoms with van der Waals surface area (Å²) in [5.41, 5.74) is 7.52. The number of fused-ring (bicyclic) bond motifs is 1. The fraction of sp³-hybridized carbons (Fsp3) is 0.250. The highest BCUT2D eigenvalue weighted by molar-refractivity contribution is 7.39. The highest BCUT2D eigenvalue weighted by Crippen LogP contribution is 2.34. The molecule has 0 saturated carbocycles. The van der Waals surface area contributed by atoms with Crippen molar-refractivity contribution in [2.75, 3.05) is 25.2 Å². The molecule has 2 heterocycles. The highest BCUT2D eigenvalue weighted by Gasteiger charge is 2.24. The number of carbonyl (C=O) groups is 1. The maximum Gasteiger partial charge on any atom is 0.585 e. The summed E-state index contributed by atoms with van der Waals surface area (Å²) in [6.45, 7) is 2.80. The third kappa shape index (κ3) is 6.53. The minimum atomic E-state index is -2.16. The van der Waals surface area contributed by atoms with Crippen LogP contribution in [0.15, 0.2) is 67.3 Å². The molecule has 0 fully saturated rings. The van der Waals surface area contributed by atoms with Gasteiger partial charge >= 0.3 is 8.03 Å². The van der Waals surface area contributed by atoms with Crippen LogP contribution in [0.25, 0.3) is 11.2 Å². The largest absolute Gasteiger partial charge is 0.585 e. The minimum absolute atomic E-state index is 0.109. The van der Waals surface area contributed by atoms with E-state index in [0.29, 0.717) is 47.1 Å². The van der Waals surface area contributed by atoms with Gasteiger partial charge in [0, 0.05) is 5.56 Å². The molecule has 2 unspecified atom stereocenters. The number of ether oxygens (including phenoxy) is 2. The fourth-order valence-electron chi connectivity index (χ4n) is 3.35. The summed E-state index contributed by atoms with van der Waals surface area (Å²) in [7, 11) is -2.16. The van der Waals surface area contributed by atoms with Gasteiger partial charge in [0.15, 0.2) is 17.2 Å². The van der Waals surface area contributed by atoms with E-state index in [1.54, 1.807) is 59.4 Å². The SMILES string of the molecule is CC(Cn1cnc2c(N)ncnc21)OC[P+](=O)Oc1ccccc1OCCNC(=O)c1ccccc1. The molecule has 0 aliphatic carbocycles. The summed E-state index contributed by atoms with van der Waals surface area (Å²) in [5.74, 6) is 0.878. The first-order valence-corrected chi connectivity index (χ1v) is 12.6. The van der Waals surface area contributed by atoms with Gasteiger partial charge in [-0.25, -0.2) is 19.5 Å². The number of amides is 1. The summed E-state index contributed by atoms with van der Waals surface area (Å²) in [5, 5.41) is 2.79. The molecule has 2 atom stereocenters. The number of rotatable bonds is 12. The lowest BCUT2D eigenvalue weighted by molar-refractivity contribution is 0.0851. The number of imidazole rings is 1. The first-order chi connectivity index (χ1) is 17.5. The molecule has 186 valence electrons. The molecule has 0 bridgehead atoms. The molecule has 2 aromatic carbocycles. The Morgan fingerprint density at radius 2 is 1.83 bits per heavy atom. The van der Waals surface area contributed by atoms with Crippen molar-refractivity contribution in [3.05, 3.63) is 72.8 Å². The average molecular weight is 509 g/mol. The van der Waals surface area contributed by atoms with Gasteiger partial charge in [-0.3, -0.25) is 4.79 Å². The van der Waals surface area contributed by atoms with Crippen LogP contribution in [-0.4, -0.2) is 51.0 Å². The topological polar surface area (TPSA) is 143 Å². The Labute approximate surface area is 208 Å². The van der Waals surface area contributed by atoms with Gasteiger partial charge in [0.1, 0.15) is 18.5 Å². The summed E-state index contributed by atoms with van der Waals surface area (Å²) in [6.07, 6.45) is 2.59. The van der Waals surface area contributed by atoms with Crippen molar-refractivity contribution in [1.29, 1.82) is 0 Å². The van der Waals surface area contributed by atoms with E-state index in [2.05, 4.69) is 20.3 Å². The molecule has 2 aromatic heterocycles. The van der Waals surface area contributed by atoms with Gasteiger partial charge in [0.05, 0.1) is 25.5 Å². The Balaban J connectivity index is 1.23. The maximum absolute atomic E-state index is 12.5. The van der Waals surface area contributed by atoms with Gasteiger partial charge in [0.2, 0.25) is 5.75 Å².